The maximum atomic E-state index is 11.9. The third-order valence-electron chi connectivity index (χ3n) is 5.32. The van der Waals surface area contributed by atoms with Crippen LogP contribution in [0, 0.1) is 10.1 Å². The highest BCUT2D eigenvalue weighted by Gasteiger charge is 2.29. The number of hydrogen-bond donors (Lipinski definition) is 3. The lowest BCUT2D eigenvalue weighted by atomic mass is 9.86. The second-order valence-corrected chi connectivity index (χ2v) is 7.18. The summed E-state index contributed by atoms with van der Waals surface area (Å²) < 4.78 is 1.48. The van der Waals surface area contributed by atoms with Gasteiger partial charge in [0.15, 0.2) is 0 Å². The molecule has 0 aliphatic heterocycles. The van der Waals surface area contributed by atoms with Gasteiger partial charge < -0.3 is 15.9 Å². The van der Waals surface area contributed by atoms with E-state index in [0.29, 0.717) is 54.7 Å². The highest BCUT2D eigenvalue weighted by Crippen LogP contribution is 2.41. The number of carboxylic acids is 1. The Labute approximate surface area is 171 Å². The number of nitro benzene ring substituents is 1. The SMILES string of the molecule is NCCCn1nc2c(c1C(=O)O)CCc1cc(O)c(-c3cccc([N+](=O)[O-])c3)cc1-2. The van der Waals surface area contributed by atoms with Gasteiger partial charge in [-0.15, -0.1) is 0 Å². The summed E-state index contributed by atoms with van der Waals surface area (Å²) in [5.74, 6) is -1.03. The number of hydrogen-bond acceptors (Lipinski definition) is 6. The molecule has 4 N–H and O–H groups in total. The Balaban J connectivity index is 1.87. The number of carbonyl (C=O) groups is 1. The van der Waals surface area contributed by atoms with E-state index in [9.17, 15) is 25.1 Å². The van der Waals surface area contributed by atoms with Crippen LogP contribution < -0.4 is 5.73 Å². The van der Waals surface area contributed by atoms with Crippen molar-refractivity contribution in [3.8, 4) is 28.1 Å². The Kier molecular flexibility index (Phi) is 4.96. The van der Waals surface area contributed by atoms with Crippen molar-refractivity contribution in [1.82, 2.24) is 9.78 Å². The highest BCUT2D eigenvalue weighted by molar-refractivity contribution is 5.91. The van der Waals surface area contributed by atoms with Gasteiger partial charge in [0.1, 0.15) is 11.4 Å². The standard InChI is InChI=1S/C21H20N4O5/c22-7-2-8-24-20(21(27)28)15-6-5-13-10-18(26)16(11-17(13)19(15)23-24)12-3-1-4-14(9-12)25(29)30/h1,3-4,9-11,26H,2,5-8,22H2,(H,27,28). The van der Waals surface area contributed by atoms with Gasteiger partial charge >= 0.3 is 5.97 Å². The molecule has 1 heterocycles. The van der Waals surface area contributed by atoms with Crippen LogP contribution in [-0.4, -0.2) is 37.4 Å². The number of carboxylic acid groups (broad SMARTS) is 1. The number of aromatic hydroxyl groups is 1. The van der Waals surface area contributed by atoms with Crippen LogP contribution in [0.1, 0.15) is 28.0 Å². The Bertz CT molecular complexity index is 1170. The molecule has 0 bridgehead atoms. The Hall–Kier alpha value is -3.72. The van der Waals surface area contributed by atoms with Crippen molar-refractivity contribution >= 4 is 11.7 Å². The summed E-state index contributed by atoms with van der Waals surface area (Å²) >= 11 is 0. The van der Waals surface area contributed by atoms with Gasteiger partial charge in [-0.2, -0.15) is 5.10 Å². The van der Waals surface area contributed by atoms with Gasteiger partial charge in [-0.05, 0) is 49.1 Å². The third-order valence-corrected chi connectivity index (χ3v) is 5.32. The van der Waals surface area contributed by atoms with Gasteiger partial charge in [0, 0.05) is 35.4 Å². The number of nitrogens with zero attached hydrogens (tertiary/aromatic N) is 3. The fourth-order valence-electron chi connectivity index (χ4n) is 3.93. The molecule has 1 aromatic heterocycles. The van der Waals surface area contributed by atoms with Crippen molar-refractivity contribution < 1.29 is 19.9 Å². The molecule has 0 fully saturated rings. The van der Waals surface area contributed by atoms with Gasteiger partial charge in [0.2, 0.25) is 0 Å². The van der Waals surface area contributed by atoms with Crippen LogP contribution in [0.4, 0.5) is 5.69 Å². The van der Waals surface area contributed by atoms with Crippen molar-refractivity contribution in [2.24, 2.45) is 5.73 Å². The van der Waals surface area contributed by atoms with Crippen LogP contribution in [0.25, 0.3) is 22.4 Å². The molecule has 0 spiro atoms. The average molecular weight is 408 g/mol. The van der Waals surface area contributed by atoms with Crippen molar-refractivity contribution in [3.63, 3.8) is 0 Å². The number of nitro groups is 1. The maximum Gasteiger partial charge on any atom is 0.354 e. The minimum Gasteiger partial charge on any atom is -0.507 e. The number of aryl methyl sites for hydroxylation is 2. The van der Waals surface area contributed by atoms with Gasteiger partial charge in [0.05, 0.1) is 10.6 Å². The molecule has 3 aromatic rings. The van der Waals surface area contributed by atoms with E-state index in [-0.39, 0.29) is 17.1 Å². The molecule has 0 saturated heterocycles. The molecular formula is C21H20N4O5. The molecule has 0 atom stereocenters. The number of aromatic nitrogens is 2. The molecule has 0 amide bonds. The van der Waals surface area contributed by atoms with E-state index in [1.165, 1.54) is 16.8 Å². The molecule has 9 nitrogen and oxygen atoms in total. The first kappa shape index (κ1) is 19.6. The van der Waals surface area contributed by atoms with E-state index in [4.69, 9.17) is 5.73 Å². The summed E-state index contributed by atoms with van der Waals surface area (Å²) in [4.78, 5) is 22.5. The minimum absolute atomic E-state index is 0.0127. The van der Waals surface area contributed by atoms with Crippen molar-refractivity contribution in [2.75, 3.05) is 6.54 Å². The van der Waals surface area contributed by atoms with Crippen molar-refractivity contribution in [2.45, 2.75) is 25.8 Å². The number of non-ortho nitro benzene ring substituents is 1. The van der Waals surface area contributed by atoms with Crippen LogP contribution in [0.2, 0.25) is 0 Å². The molecular weight excluding hydrogens is 388 g/mol. The van der Waals surface area contributed by atoms with E-state index < -0.39 is 10.9 Å². The number of phenols is 1. The smallest absolute Gasteiger partial charge is 0.354 e. The van der Waals surface area contributed by atoms with E-state index in [1.807, 2.05) is 0 Å². The van der Waals surface area contributed by atoms with Crippen LogP contribution >= 0.6 is 0 Å². The summed E-state index contributed by atoms with van der Waals surface area (Å²) in [5, 5.41) is 36.0. The molecule has 154 valence electrons. The first-order valence-corrected chi connectivity index (χ1v) is 9.54. The minimum atomic E-state index is -1.04. The zero-order valence-electron chi connectivity index (χ0n) is 16.0. The van der Waals surface area contributed by atoms with Gasteiger partial charge in [-0.3, -0.25) is 14.8 Å². The number of aromatic carboxylic acids is 1. The first-order valence-electron chi connectivity index (χ1n) is 9.54. The quantitative estimate of drug-likeness (QED) is 0.420. The molecule has 30 heavy (non-hydrogen) atoms. The largest absolute Gasteiger partial charge is 0.507 e. The highest BCUT2D eigenvalue weighted by atomic mass is 16.6. The van der Waals surface area contributed by atoms with Crippen LogP contribution in [-0.2, 0) is 19.4 Å². The summed E-state index contributed by atoms with van der Waals surface area (Å²) in [6.45, 7) is 0.821. The molecule has 0 radical (unpaired) electrons. The monoisotopic (exact) mass is 408 g/mol. The van der Waals surface area contributed by atoms with Crippen LogP contribution in [0.15, 0.2) is 36.4 Å². The lowest BCUT2D eigenvalue weighted by molar-refractivity contribution is -0.384. The molecule has 0 unspecified atom stereocenters. The summed E-state index contributed by atoms with van der Waals surface area (Å²) in [6.07, 6.45) is 1.67. The predicted octanol–water partition coefficient (Wildman–Crippen LogP) is 2.98. The number of nitrogens with two attached hydrogens (primary N) is 1. The second kappa shape index (κ2) is 7.60. The van der Waals surface area contributed by atoms with Crippen molar-refractivity contribution in [1.29, 1.82) is 0 Å². The van der Waals surface area contributed by atoms with Crippen LogP contribution in [0.3, 0.4) is 0 Å². The average Bonchev–Trinajstić information content (AvgIpc) is 3.10. The molecule has 9 heteroatoms. The van der Waals surface area contributed by atoms with Crippen LogP contribution in [0.5, 0.6) is 5.75 Å². The third kappa shape index (κ3) is 3.29. The summed E-state index contributed by atoms with van der Waals surface area (Å²) in [5.41, 5.74) is 9.39. The van der Waals surface area contributed by atoms with Gasteiger partial charge in [0.25, 0.3) is 5.69 Å². The topological polar surface area (TPSA) is 145 Å². The summed E-state index contributed by atoms with van der Waals surface area (Å²) in [6, 6.07) is 9.38. The lowest BCUT2D eigenvalue weighted by Gasteiger charge is -2.18. The molecule has 2 aromatic carbocycles. The Morgan fingerprint density at radius 1 is 1.23 bits per heavy atom. The van der Waals surface area contributed by atoms with Crippen molar-refractivity contribution in [3.05, 3.63) is 63.3 Å². The predicted molar refractivity (Wildman–Crippen MR) is 109 cm³/mol. The van der Waals surface area contributed by atoms with E-state index in [0.717, 1.165) is 11.1 Å². The normalized spacial score (nSPS) is 12.3. The fraction of sp³-hybridized carbons (Fsp3) is 0.238. The van der Waals surface area contributed by atoms with E-state index in [2.05, 4.69) is 5.10 Å². The van der Waals surface area contributed by atoms with Gasteiger partial charge in [-0.25, -0.2) is 4.79 Å². The van der Waals surface area contributed by atoms with E-state index in [1.54, 1.807) is 24.3 Å². The van der Waals surface area contributed by atoms with E-state index >= 15 is 0 Å². The zero-order chi connectivity index (χ0) is 21.4. The molecule has 0 saturated carbocycles. The fourth-order valence-corrected chi connectivity index (χ4v) is 3.93. The Morgan fingerprint density at radius 2 is 2.03 bits per heavy atom. The molecule has 4 rings (SSSR count). The Morgan fingerprint density at radius 3 is 2.73 bits per heavy atom. The number of fused-ring (bicyclic) bond motifs is 3. The summed E-state index contributed by atoms with van der Waals surface area (Å²) in [7, 11) is 0. The zero-order valence-corrected chi connectivity index (χ0v) is 16.0. The number of rotatable bonds is 6. The second-order valence-electron chi connectivity index (χ2n) is 7.18. The molecule has 1 aliphatic rings. The van der Waals surface area contributed by atoms with Gasteiger partial charge in [-0.1, -0.05) is 12.1 Å². The molecule has 1 aliphatic carbocycles. The lowest BCUT2D eigenvalue weighted by Crippen LogP contribution is -2.14. The maximum absolute atomic E-state index is 11.9. The first-order chi connectivity index (χ1) is 14.4. The number of benzene rings is 2. The number of phenolic OH excluding ortho intramolecular Hbond substituents is 1.